The second-order valence-electron chi connectivity index (χ2n) is 5.77. The average Bonchev–Trinajstić information content (AvgIpc) is 2.62. The number of benzene rings is 2. The molecule has 0 aromatic heterocycles. The van der Waals surface area contributed by atoms with Crippen LogP contribution in [0.15, 0.2) is 36.4 Å². The lowest BCUT2D eigenvalue weighted by Crippen LogP contribution is -2.30. The number of sulfonamides is 1. The Hall–Kier alpha value is -1.47. The van der Waals surface area contributed by atoms with Crippen molar-refractivity contribution in [3.63, 3.8) is 0 Å². The van der Waals surface area contributed by atoms with Crippen molar-refractivity contribution in [2.24, 2.45) is 0 Å². The lowest BCUT2D eigenvalue weighted by atomic mass is 10.1. The number of likely N-dealkylation sites (N-methyl/N-ethyl adjacent to an activating group) is 1. The number of halogens is 2. The van der Waals surface area contributed by atoms with Crippen molar-refractivity contribution in [1.82, 2.24) is 4.31 Å². The molecule has 0 aliphatic heterocycles. The number of nitrogens with zero attached hydrogens (tertiary/aromatic N) is 1. The van der Waals surface area contributed by atoms with E-state index in [1.807, 2.05) is 12.1 Å². The van der Waals surface area contributed by atoms with Gasteiger partial charge in [0.15, 0.2) is 11.5 Å². The van der Waals surface area contributed by atoms with Crippen LogP contribution in [-0.4, -0.2) is 40.5 Å². The van der Waals surface area contributed by atoms with Gasteiger partial charge in [0.25, 0.3) is 0 Å². The van der Waals surface area contributed by atoms with E-state index >= 15 is 0 Å². The normalized spacial score (nSPS) is 11.6. The molecule has 0 saturated heterocycles. The number of ether oxygens (including phenoxy) is 2. The summed E-state index contributed by atoms with van der Waals surface area (Å²) in [6, 6.07) is 10.4. The van der Waals surface area contributed by atoms with Crippen LogP contribution < -0.4 is 9.47 Å². The van der Waals surface area contributed by atoms with E-state index in [1.54, 1.807) is 45.5 Å². The van der Waals surface area contributed by atoms with Gasteiger partial charge in [0.1, 0.15) is 0 Å². The largest absolute Gasteiger partial charge is 0.493 e. The monoisotopic (exact) mass is 417 g/mol. The Bertz CT molecular complexity index is 871. The van der Waals surface area contributed by atoms with E-state index in [0.717, 1.165) is 5.56 Å². The number of hydrogen-bond donors (Lipinski definition) is 0. The predicted octanol–water partition coefficient (Wildman–Crippen LogP) is 4.01. The van der Waals surface area contributed by atoms with Gasteiger partial charge in [0.2, 0.25) is 10.0 Å². The van der Waals surface area contributed by atoms with Crippen molar-refractivity contribution in [3.05, 3.63) is 57.6 Å². The van der Waals surface area contributed by atoms with Gasteiger partial charge >= 0.3 is 0 Å². The molecule has 0 fully saturated rings. The Morgan fingerprint density at radius 3 is 2.19 bits per heavy atom. The zero-order valence-corrected chi connectivity index (χ0v) is 17.2. The predicted molar refractivity (Wildman–Crippen MR) is 105 cm³/mol. The molecule has 0 unspecified atom stereocenters. The highest BCUT2D eigenvalue weighted by atomic mass is 35.5. The number of methoxy groups -OCH3 is 2. The fourth-order valence-corrected chi connectivity index (χ4v) is 3.92. The van der Waals surface area contributed by atoms with Crippen molar-refractivity contribution in [2.75, 3.05) is 27.8 Å². The highest BCUT2D eigenvalue weighted by molar-refractivity contribution is 7.88. The second-order valence-corrected chi connectivity index (χ2v) is 8.66. The van der Waals surface area contributed by atoms with Crippen molar-refractivity contribution >= 4 is 33.2 Å². The van der Waals surface area contributed by atoms with Crippen LogP contribution in [0.3, 0.4) is 0 Å². The molecule has 0 atom stereocenters. The molecule has 0 heterocycles. The molecule has 0 radical (unpaired) electrons. The second kappa shape index (κ2) is 8.95. The van der Waals surface area contributed by atoms with Gasteiger partial charge in [-0.25, -0.2) is 12.7 Å². The fourth-order valence-electron chi connectivity index (χ4n) is 2.41. The van der Waals surface area contributed by atoms with Crippen LogP contribution in [0.25, 0.3) is 0 Å². The zero-order valence-electron chi connectivity index (χ0n) is 14.8. The van der Waals surface area contributed by atoms with Crippen LogP contribution in [0.1, 0.15) is 11.1 Å². The van der Waals surface area contributed by atoms with Crippen LogP contribution >= 0.6 is 23.2 Å². The maximum absolute atomic E-state index is 12.5. The average molecular weight is 418 g/mol. The molecule has 8 heteroatoms. The quantitative estimate of drug-likeness (QED) is 0.650. The zero-order chi connectivity index (χ0) is 19.3. The lowest BCUT2D eigenvalue weighted by Gasteiger charge is -2.18. The Kier molecular flexibility index (Phi) is 7.17. The molecule has 5 nitrogen and oxygen atoms in total. The topological polar surface area (TPSA) is 55.8 Å². The van der Waals surface area contributed by atoms with Gasteiger partial charge in [-0.05, 0) is 41.8 Å². The molecule has 0 N–H and O–H groups in total. The minimum absolute atomic E-state index is 0.133. The van der Waals surface area contributed by atoms with Crippen LogP contribution in [0.4, 0.5) is 0 Å². The standard InChI is InChI=1S/C18H21Cl2NO4S/c1-21(9-8-13-5-7-17(24-2)18(11-13)25-3)26(22,23)12-14-4-6-15(19)16(20)10-14/h4-7,10-11H,8-9,12H2,1-3H3. The van der Waals surface area contributed by atoms with Gasteiger partial charge in [0.05, 0.1) is 30.0 Å². The molecule has 26 heavy (non-hydrogen) atoms. The van der Waals surface area contributed by atoms with E-state index in [2.05, 4.69) is 0 Å². The summed E-state index contributed by atoms with van der Waals surface area (Å²) in [7, 11) is 1.23. The maximum atomic E-state index is 12.5. The molecule has 2 aromatic rings. The van der Waals surface area contributed by atoms with Crippen molar-refractivity contribution in [2.45, 2.75) is 12.2 Å². The Labute approximate surface area is 164 Å². The third-order valence-electron chi connectivity index (χ3n) is 3.97. The molecule has 2 rings (SSSR count). The molecule has 0 aliphatic carbocycles. The Morgan fingerprint density at radius 2 is 1.58 bits per heavy atom. The van der Waals surface area contributed by atoms with E-state index in [9.17, 15) is 8.42 Å². The van der Waals surface area contributed by atoms with Crippen LogP contribution in [0, 0.1) is 0 Å². The van der Waals surface area contributed by atoms with Gasteiger partial charge in [-0.15, -0.1) is 0 Å². The first kappa shape index (κ1) is 20.8. The maximum Gasteiger partial charge on any atom is 0.218 e. The molecule has 0 aliphatic rings. The number of hydrogen-bond acceptors (Lipinski definition) is 4. The molecule has 2 aromatic carbocycles. The molecule has 0 saturated carbocycles. The molecular weight excluding hydrogens is 397 g/mol. The van der Waals surface area contributed by atoms with E-state index in [-0.39, 0.29) is 5.75 Å². The molecule has 142 valence electrons. The van der Waals surface area contributed by atoms with Crippen LogP contribution in [0.5, 0.6) is 11.5 Å². The van der Waals surface area contributed by atoms with Crippen molar-refractivity contribution in [1.29, 1.82) is 0 Å². The minimum atomic E-state index is -3.47. The third kappa shape index (κ3) is 5.27. The van der Waals surface area contributed by atoms with Gasteiger partial charge in [-0.3, -0.25) is 0 Å². The summed E-state index contributed by atoms with van der Waals surface area (Å²) in [6.45, 7) is 0.346. The van der Waals surface area contributed by atoms with Gasteiger partial charge in [0, 0.05) is 13.6 Å². The lowest BCUT2D eigenvalue weighted by molar-refractivity contribution is 0.354. The summed E-state index contributed by atoms with van der Waals surface area (Å²) in [5.74, 6) is 1.12. The Morgan fingerprint density at radius 1 is 0.923 bits per heavy atom. The summed E-state index contributed by atoms with van der Waals surface area (Å²) in [4.78, 5) is 0. The first-order chi connectivity index (χ1) is 12.3. The van der Waals surface area contributed by atoms with Gasteiger partial charge in [-0.1, -0.05) is 35.3 Å². The van der Waals surface area contributed by atoms with E-state index in [1.165, 1.54) is 4.31 Å². The highest BCUT2D eigenvalue weighted by Crippen LogP contribution is 2.28. The summed E-state index contributed by atoms with van der Waals surface area (Å²) < 4.78 is 36.9. The van der Waals surface area contributed by atoms with E-state index < -0.39 is 10.0 Å². The first-order valence-electron chi connectivity index (χ1n) is 7.85. The molecule has 0 amide bonds. The van der Waals surface area contributed by atoms with Crippen LogP contribution in [0.2, 0.25) is 10.0 Å². The SMILES string of the molecule is COc1ccc(CCN(C)S(=O)(=O)Cc2ccc(Cl)c(Cl)c2)cc1OC. The first-order valence-corrected chi connectivity index (χ1v) is 10.2. The number of rotatable bonds is 8. The molecule has 0 bridgehead atoms. The highest BCUT2D eigenvalue weighted by Gasteiger charge is 2.19. The van der Waals surface area contributed by atoms with Crippen molar-refractivity contribution in [3.8, 4) is 11.5 Å². The van der Waals surface area contributed by atoms with Crippen LogP contribution in [-0.2, 0) is 22.2 Å². The summed E-state index contributed by atoms with van der Waals surface area (Å²) in [6.07, 6.45) is 0.553. The fraction of sp³-hybridized carbons (Fsp3) is 0.333. The van der Waals surface area contributed by atoms with Gasteiger partial charge in [-0.2, -0.15) is 0 Å². The van der Waals surface area contributed by atoms with E-state index in [0.29, 0.717) is 40.1 Å². The molecule has 0 spiro atoms. The third-order valence-corrected chi connectivity index (χ3v) is 6.54. The van der Waals surface area contributed by atoms with Gasteiger partial charge < -0.3 is 9.47 Å². The van der Waals surface area contributed by atoms with Crippen molar-refractivity contribution < 1.29 is 17.9 Å². The molecular formula is C18H21Cl2NO4S. The summed E-state index contributed by atoms with van der Waals surface area (Å²) >= 11 is 11.8. The smallest absolute Gasteiger partial charge is 0.218 e. The summed E-state index contributed by atoms with van der Waals surface area (Å²) in [5, 5.41) is 0.738. The van der Waals surface area contributed by atoms with E-state index in [4.69, 9.17) is 32.7 Å². The Balaban J connectivity index is 2.03. The summed E-state index contributed by atoms with van der Waals surface area (Å²) in [5.41, 5.74) is 1.55. The minimum Gasteiger partial charge on any atom is -0.493 e.